The first-order chi connectivity index (χ1) is 51.4. The molecule has 6 atom stereocenters. The number of aliphatic hydroxyl groups is 1. The van der Waals surface area contributed by atoms with Gasteiger partial charge in [-0.05, 0) is 37.5 Å². The molecule has 0 aromatic rings. The van der Waals surface area contributed by atoms with Gasteiger partial charge in [0, 0.05) is 25.7 Å². The van der Waals surface area contributed by atoms with Crippen LogP contribution in [0.15, 0.2) is 0 Å². The second-order valence-corrected chi connectivity index (χ2v) is 34.9. The van der Waals surface area contributed by atoms with Crippen LogP contribution in [-0.2, 0) is 65.4 Å². The van der Waals surface area contributed by atoms with E-state index in [1.807, 2.05) is 0 Å². The van der Waals surface area contributed by atoms with Crippen molar-refractivity contribution in [3.63, 3.8) is 0 Å². The minimum absolute atomic E-state index is 0.108. The molecule has 630 valence electrons. The average molecular weight is 1550 g/mol. The Labute approximate surface area is 651 Å². The Balaban J connectivity index is 5.21. The van der Waals surface area contributed by atoms with Gasteiger partial charge in [0.2, 0.25) is 0 Å². The van der Waals surface area contributed by atoms with Crippen LogP contribution in [0.4, 0.5) is 0 Å². The van der Waals surface area contributed by atoms with E-state index in [-0.39, 0.29) is 25.7 Å². The Kier molecular flexibility index (Phi) is 76.9. The summed E-state index contributed by atoms with van der Waals surface area (Å²) in [5.41, 5.74) is 0. The molecule has 0 rings (SSSR count). The monoisotopic (exact) mass is 1550 g/mol. The number of aliphatic hydroxyl groups excluding tert-OH is 1. The molecule has 0 radical (unpaired) electrons. The van der Waals surface area contributed by atoms with Gasteiger partial charge in [-0.2, -0.15) is 0 Å². The van der Waals surface area contributed by atoms with Gasteiger partial charge >= 0.3 is 39.5 Å². The maximum Gasteiger partial charge on any atom is 0.472 e. The molecule has 106 heavy (non-hydrogen) atoms. The van der Waals surface area contributed by atoms with Crippen molar-refractivity contribution in [1.82, 2.24) is 0 Å². The van der Waals surface area contributed by atoms with Crippen molar-refractivity contribution in [2.45, 2.75) is 484 Å². The van der Waals surface area contributed by atoms with Crippen LogP contribution in [0.3, 0.4) is 0 Å². The number of hydrogen-bond donors (Lipinski definition) is 3. The molecule has 0 fully saturated rings. The van der Waals surface area contributed by atoms with Gasteiger partial charge < -0.3 is 33.8 Å². The highest BCUT2D eigenvalue weighted by molar-refractivity contribution is 7.47. The fourth-order valence-corrected chi connectivity index (χ4v) is 15.1. The molecule has 0 saturated carbocycles. The maximum atomic E-state index is 13.2. The minimum atomic E-state index is -4.97. The Morgan fingerprint density at radius 1 is 0.274 bits per heavy atom. The molecule has 3 unspecified atom stereocenters. The molecule has 3 N–H and O–H groups in total. The molecule has 0 aromatic heterocycles. The first kappa shape index (κ1) is 104. The number of ether oxygens (including phenoxy) is 4. The lowest BCUT2D eigenvalue weighted by atomic mass is 9.99. The first-order valence-electron chi connectivity index (χ1n) is 45.0. The highest BCUT2D eigenvalue weighted by Gasteiger charge is 2.30. The number of carbonyl (C=O) groups excluding carboxylic acids is 4. The summed E-state index contributed by atoms with van der Waals surface area (Å²) in [5, 5.41) is 10.7. The third kappa shape index (κ3) is 78.7. The van der Waals surface area contributed by atoms with Crippen LogP contribution < -0.4 is 0 Å². The molecule has 19 heteroatoms. The summed E-state index contributed by atoms with van der Waals surface area (Å²) >= 11 is 0. The summed E-state index contributed by atoms with van der Waals surface area (Å²) in [7, 11) is -9.93. The van der Waals surface area contributed by atoms with Gasteiger partial charge in [0.05, 0.1) is 26.4 Å². The number of hydrogen-bond acceptors (Lipinski definition) is 15. The molecule has 0 heterocycles. The van der Waals surface area contributed by atoms with Crippen LogP contribution >= 0.6 is 15.6 Å². The van der Waals surface area contributed by atoms with Crippen LogP contribution in [0.5, 0.6) is 0 Å². The van der Waals surface area contributed by atoms with Crippen LogP contribution in [0.1, 0.15) is 465 Å². The summed E-state index contributed by atoms with van der Waals surface area (Å²) in [6, 6.07) is 0. The van der Waals surface area contributed by atoms with E-state index in [4.69, 9.17) is 37.0 Å². The molecular weight excluding hydrogens is 1380 g/mol. The van der Waals surface area contributed by atoms with Crippen molar-refractivity contribution in [2.24, 2.45) is 11.8 Å². The topological polar surface area (TPSA) is 237 Å². The third-order valence-electron chi connectivity index (χ3n) is 20.8. The standard InChI is InChI=1S/C87H170O17P2/c1-7-10-12-14-16-18-19-20-21-22-23-24-25-30-36-41-47-53-59-65-71-87(92)104-83(76-98-85(90)70-64-58-52-46-40-35-29-27-26-28-33-38-44-49-55-61-67-79(4)5)78-102-106(95,96)100-74-81(88)73-99-105(93,94)101-77-82(75-97-84(89)69-63-57-51-43-17-15-13-11-8-2)103-86(91)72-66-60-54-48-42-37-32-31-34-39-45-50-56-62-68-80(6)9-3/h79-83,88H,7-78H2,1-6H3,(H,93,94)(H,95,96)/t80?,81-,82+,83+/m0/s1. The summed E-state index contributed by atoms with van der Waals surface area (Å²) in [5.74, 6) is -0.443. The van der Waals surface area contributed by atoms with Gasteiger partial charge in [0.15, 0.2) is 12.2 Å². The zero-order valence-electron chi connectivity index (χ0n) is 69.7. The van der Waals surface area contributed by atoms with E-state index in [0.29, 0.717) is 25.7 Å². The highest BCUT2D eigenvalue weighted by atomic mass is 31.2. The lowest BCUT2D eigenvalue weighted by molar-refractivity contribution is -0.161. The predicted octanol–water partition coefficient (Wildman–Crippen LogP) is 26.6. The van der Waals surface area contributed by atoms with Crippen LogP contribution in [0, 0.1) is 11.8 Å². The Bertz CT molecular complexity index is 2030. The van der Waals surface area contributed by atoms with Gasteiger partial charge in [-0.15, -0.1) is 0 Å². The zero-order chi connectivity index (χ0) is 77.8. The van der Waals surface area contributed by atoms with Crippen molar-refractivity contribution < 1.29 is 80.2 Å². The molecule has 0 bridgehead atoms. The summed E-state index contributed by atoms with van der Waals surface area (Å²) < 4.78 is 68.9. The van der Waals surface area contributed by atoms with E-state index in [2.05, 4.69) is 41.5 Å². The number of carbonyl (C=O) groups is 4. The van der Waals surface area contributed by atoms with Crippen molar-refractivity contribution in [3.8, 4) is 0 Å². The third-order valence-corrected chi connectivity index (χ3v) is 22.7. The lowest BCUT2D eigenvalue weighted by Crippen LogP contribution is -2.30. The van der Waals surface area contributed by atoms with Crippen molar-refractivity contribution >= 4 is 39.5 Å². The number of phosphoric ester groups is 2. The van der Waals surface area contributed by atoms with Gasteiger partial charge in [-0.3, -0.25) is 37.3 Å². The van der Waals surface area contributed by atoms with Gasteiger partial charge in [0.25, 0.3) is 0 Å². The summed E-state index contributed by atoms with van der Waals surface area (Å²) in [6.07, 6.45) is 70.8. The smallest absolute Gasteiger partial charge is 0.462 e. The molecule has 0 aromatic carbocycles. The molecule has 0 spiro atoms. The molecule has 17 nitrogen and oxygen atoms in total. The number of unbranched alkanes of at least 4 members (excludes halogenated alkanes) is 55. The van der Waals surface area contributed by atoms with Gasteiger partial charge in [0.1, 0.15) is 19.3 Å². The van der Waals surface area contributed by atoms with Crippen molar-refractivity contribution in [2.75, 3.05) is 39.6 Å². The number of esters is 4. The highest BCUT2D eigenvalue weighted by Crippen LogP contribution is 2.45. The fraction of sp³-hybridized carbons (Fsp3) is 0.954. The normalized spacial score (nSPS) is 14.1. The van der Waals surface area contributed by atoms with Crippen LogP contribution in [0.2, 0.25) is 0 Å². The van der Waals surface area contributed by atoms with E-state index in [0.717, 1.165) is 102 Å². The lowest BCUT2D eigenvalue weighted by Gasteiger charge is -2.21. The van der Waals surface area contributed by atoms with E-state index in [9.17, 15) is 43.2 Å². The quantitative estimate of drug-likeness (QED) is 0.0222. The zero-order valence-corrected chi connectivity index (χ0v) is 71.5. The number of phosphoric acid groups is 2. The molecular formula is C87H170O17P2. The Hall–Kier alpha value is -1.94. The molecule has 0 aliphatic heterocycles. The average Bonchev–Trinajstić information content (AvgIpc) is 0.902. The summed E-state index contributed by atoms with van der Waals surface area (Å²) in [6.45, 7) is 9.75. The summed E-state index contributed by atoms with van der Waals surface area (Å²) in [4.78, 5) is 73.2. The SMILES string of the molecule is CCCCCCCCCCCCCCCCCCCCCCC(=O)O[C@H](COC(=O)CCCCCCCCCCCCCCCCCCC(C)C)COP(=O)(O)OC[C@@H](O)COP(=O)(O)OC[C@@H](COC(=O)CCCCCCCCCCC)OC(=O)CCCCCCCCCCCCCCCCC(C)CC. The number of rotatable bonds is 86. The second-order valence-electron chi connectivity index (χ2n) is 32.0. The van der Waals surface area contributed by atoms with Crippen LogP contribution in [-0.4, -0.2) is 96.7 Å². The maximum absolute atomic E-state index is 13.2. The Morgan fingerprint density at radius 3 is 0.717 bits per heavy atom. The second kappa shape index (κ2) is 78.3. The van der Waals surface area contributed by atoms with E-state index >= 15 is 0 Å². The Morgan fingerprint density at radius 2 is 0.481 bits per heavy atom. The van der Waals surface area contributed by atoms with E-state index in [1.165, 1.54) is 283 Å². The molecule has 0 aliphatic carbocycles. The largest absolute Gasteiger partial charge is 0.472 e. The van der Waals surface area contributed by atoms with Crippen molar-refractivity contribution in [3.05, 3.63) is 0 Å². The van der Waals surface area contributed by atoms with Gasteiger partial charge in [-0.25, -0.2) is 9.13 Å². The molecule has 0 aliphatic rings. The van der Waals surface area contributed by atoms with E-state index in [1.54, 1.807) is 0 Å². The van der Waals surface area contributed by atoms with Crippen molar-refractivity contribution in [1.29, 1.82) is 0 Å². The van der Waals surface area contributed by atoms with Crippen LogP contribution in [0.25, 0.3) is 0 Å². The molecule has 0 saturated heterocycles. The van der Waals surface area contributed by atoms with Gasteiger partial charge in [-0.1, -0.05) is 414 Å². The molecule has 0 amide bonds. The van der Waals surface area contributed by atoms with E-state index < -0.39 is 97.5 Å². The minimum Gasteiger partial charge on any atom is -0.462 e. The fourth-order valence-electron chi connectivity index (χ4n) is 13.6. The first-order valence-corrected chi connectivity index (χ1v) is 48.0. The predicted molar refractivity (Wildman–Crippen MR) is 437 cm³/mol.